The van der Waals surface area contributed by atoms with Crippen LogP contribution in [0.25, 0.3) is 11.4 Å². The van der Waals surface area contributed by atoms with Gasteiger partial charge in [-0.25, -0.2) is 4.39 Å². The van der Waals surface area contributed by atoms with Crippen LogP contribution in [0.3, 0.4) is 0 Å². The summed E-state index contributed by atoms with van der Waals surface area (Å²) in [6, 6.07) is 10.4. The highest BCUT2D eigenvalue weighted by Crippen LogP contribution is 2.21. The Bertz CT molecular complexity index is 833. The van der Waals surface area contributed by atoms with E-state index in [0.717, 1.165) is 17.0 Å². The molecule has 0 aliphatic rings. The minimum absolute atomic E-state index is 0.231. The molecule has 0 radical (unpaired) electrons. The molecule has 0 saturated heterocycles. The number of halogens is 1. The van der Waals surface area contributed by atoms with Gasteiger partial charge in [-0.15, -0.1) is 0 Å². The largest absolute Gasteiger partial charge is 0.490 e. The van der Waals surface area contributed by atoms with Gasteiger partial charge < -0.3 is 9.47 Å². The molecule has 5 nitrogen and oxygen atoms in total. The molecule has 124 valence electrons. The van der Waals surface area contributed by atoms with Crippen LogP contribution in [-0.2, 0) is 7.05 Å². The zero-order valence-electron chi connectivity index (χ0n) is 13.6. The van der Waals surface area contributed by atoms with Crippen LogP contribution < -0.4 is 9.47 Å². The van der Waals surface area contributed by atoms with Gasteiger partial charge in [0.1, 0.15) is 19.0 Å². The smallest absolute Gasteiger partial charge is 0.165 e. The fraction of sp³-hybridized carbons (Fsp3) is 0.222. The van der Waals surface area contributed by atoms with Crippen LogP contribution in [0.4, 0.5) is 4.39 Å². The van der Waals surface area contributed by atoms with E-state index in [4.69, 9.17) is 9.47 Å². The van der Waals surface area contributed by atoms with Gasteiger partial charge in [-0.2, -0.15) is 5.10 Å². The van der Waals surface area contributed by atoms with Crippen molar-refractivity contribution < 1.29 is 13.9 Å². The van der Waals surface area contributed by atoms with Crippen molar-refractivity contribution in [3.8, 4) is 22.9 Å². The topological polar surface area (TPSA) is 49.2 Å². The zero-order chi connectivity index (χ0) is 16.9. The summed E-state index contributed by atoms with van der Waals surface area (Å²) in [5, 5.41) is 4.13. The summed E-state index contributed by atoms with van der Waals surface area (Å²) in [5.41, 5.74) is 2.53. The van der Waals surface area contributed by atoms with E-state index in [0.29, 0.717) is 12.4 Å². The minimum atomic E-state index is -0.364. The van der Waals surface area contributed by atoms with Crippen molar-refractivity contribution in [3.63, 3.8) is 0 Å². The number of hydrogen-bond acceptors (Lipinski definition) is 4. The highest BCUT2D eigenvalue weighted by molar-refractivity contribution is 5.55. The van der Waals surface area contributed by atoms with E-state index >= 15 is 0 Å². The van der Waals surface area contributed by atoms with Crippen LogP contribution in [-0.4, -0.2) is 28.0 Å². The number of rotatable bonds is 6. The van der Waals surface area contributed by atoms with E-state index in [1.807, 2.05) is 32.2 Å². The molecule has 0 amide bonds. The quantitative estimate of drug-likeness (QED) is 0.651. The lowest BCUT2D eigenvalue weighted by Gasteiger charge is -2.10. The molecule has 0 saturated carbocycles. The average molecular weight is 327 g/mol. The van der Waals surface area contributed by atoms with Gasteiger partial charge >= 0.3 is 0 Å². The first kappa shape index (κ1) is 16.0. The zero-order valence-corrected chi connectivity index (χ0v) is 13.6. The molecule has 3 rings (SSSR count). The van der Waals surface area contributed by atoms with Gasteiger partial charge in [-0.3, -0.25) is 9.67 Å². The van der Waals surface area contributed by atoms with Crippen LogP contribution in [0.2, 0.25) is 0 Å². The fourth-order valence-corrected chi connectivity index (χ4v) is 2.30. The van der Waals surface area contributed by atoms with Crippen LogP contribution in [0.1, 0.15) is 5.56 Å². The van der Waals surface area contributed by atoms with E-state index < -0.39 is 0 Å². The van der Waals surface area contributed by atoms with E-state index in [-0.39, 0.29) is 18.2 Å². The summed E-state index contributed by atoms with van der Waals surface area (Å²) in [7, 11) is 1.86. The van der Waals surface area contributed by atoms with Gasteiger partial charge in [-0.05, 0) is 36.8 Å². The van der Waals surface area contributed by atoms with Crippen molar-refractivity contribution in [2.24, 2.45) is 7.05 Å². The highest BCUT2D eigenvalue weighted by Gasteiger charge is 2.06. The van der Waals surface area contributed by atoms with Crippen LogP contribution in [0.5, 0.6) is 11.5 Å². The van der Waals surface area contributed by atoms with Gasteiger partial charge in [-0.1, -0.05) is 6.07 Å². The van der Waals surface area contributed by atoms with E-state index in [1.54, 1.807) is 29.2 Å². The summed E-state index contributed by atoms with van der Waals surface area (Å²) in [5.74, 6) is 0.543. The first-order valence-electron chi connectivity index (χ1n) is 7.59. The van der Waals surface area contributed by atoms with Crippen molar-refractivity contribution in [1.82, 2.24) is 14.8 Å². The van der Waals surface area contributed by atoms with Gasteiger partial charge in [0.2, 0.25) is 0 Å². The van der Waals surface area contributed by atoms with Crippen LogP contribution >= 0.6 is 0 Å². The third kappa shape index (κ3) is 3.71. The van der Waals surface area contributed by atoms with Crippen molar-refractivity contribution in [2.45, 2.75) is 6.92 Å². The first-order valence-corrected chi connectivity index (χ1v) is 7.59. The maximum absolute atomic E-state index is 13.7. The molecule has 2 heterocycles. The summed E-state index contributed by atoms with van der Waals surface area (Å²) < 4.78 is 26.5. The number of aryl methyl sites for hydroxylation is 2. The number of nitrogens with zero attached hydrogens (tertiary/aromatic N) is 3. The molecule has 2 aromatic heterocycles. The molecule has 0 aliphatic heterocycles. The Hall–Kier alpha value is -2.89. The second kappa shape index (κ2) is 7.12. The predicted octanol–water partition coefficient (Wildman–Crippen LogP) is 3.39. The van der Waals surface area contributed by atoms with Gasteiger partial charge in [0.25, 0.3) is 0 Å². The molecule has 1 aromatic carbocycles. The Morgan fingerprint density at radius 2 is 1.88 bits per heavy atom. The Labute approximate surface area is 139 Å². The first-order chi connectivity index (χ1) is 11.6. The number of pyridine rings is 1. The SMILES string of the molecule is Cc1ccc(OCCOc2ccnc(-c3ccnn3C)c2)c(F)c1. The highest BCUT2D eigenvalue weighted by atomic mass is 19.1. The Morgan fingerprint density at radius 1 is 1.04 bits per heavy atom. The van der Waals surface area contributed by atoms with Crippen molar-refractivity contribution >= 4 is 0 Å². The lowest BCUT2D eigenvalue weighted by atomic mass is 10.2. The van der Waals surface area contributed by atoms with Crippen molar-refractivity contribution in [3.05, 3.63) is 60.2 Å². The van der Waals surface area contributed by atoms with Crippen LogP contribution in [0.15, 0.2) is 48.8 Å². The summed E-state index contributed by atoms with van der Waals surface area (Å²) in [4.78, 5) is 4.32. The fourth-order valence-electron chi connectivity index (χ4n) is 2.30. The number of aromatic nitrogens is 3. The molecule has 0 atom stereocenters. The van der Waals surface area contributed by atoms with Crippen LogP contribution in [0, 0.1) is 12.7 Å². The molecular weight excluding hydrogens is 309 g/mol. The maximum Gasteiger partial charge on any atom is 0.165 e. The summed E-state index contributed by atoms with van der Waals surface area (Å²) in [6.07, 6.45) is 3.40. The molecule has 0 spiro atoms. The Balaban J connectivity index is 1.56. The Morgan fingerprint density at radius 3 is 2.62 bits per heavy atom. The van der Waals surface area contributed by atoms with Crippen molar-refractivity contribution in [2.75, 3.05) is 13.2 Å². The molecule has 0 fully saturated rings. The second-order valence-electron chi connectivity index (χ2n) is 5.35. The van der Waals surface area contributed by atoms with E-state index in [2.05, 4.69) is 10.1 Å². The standard InChI is InChI=1S/C18H18FN3O2/c1-13-3-4-18(15(19)11-13)24-10-9-23-14-5-7-20-16(12-14)17-6-8-21-22(17)2/h3-8,11-12H,9-10H2,1-2H3. The molecule has 0 N–H and O–H groups in total. The third-order valence-electron chi connectivity index (χ3n) is 3.51. The molecule has 6 heteroatoms. The van der Waals surface area contributed by atoms with Gasteiger partial charge in [0.05, 0.1) is 11.4 Å². The van der Waals surface area contributed by atoms with Crippen molar-refractivity contribution in [1.29, 1.82) is 0 Å². The van der Waals surface area contributed by atoms with E-state index in [9.17, 15) is 4.39 Å². The maximum atomic E-state index is 13.7. The molecule has 24 heavy (non-hydrogen) atoms. The Kier molecular flexibility index (Phi) is 4.74. The predicted molar refractivity (Wildman–Crippen MR) is 88.6 cm³/mol. The molecule has 0 unspecified atom stereocenters. The normalized spacial score (nSPS) is 10.6. The number of benzene rings is 1. The molecule has 3 aromatic rings. The average Bonchev–Trinajstić information content (AvgIpc) is 2.99. The third-order valence-corrected chi connectivity index (χ3v) is 3.51. The lowest BCUT2D eigenvalue weighted by Crippen LogP contribution is -2.10. The summed E-state index contributed by atoms with van der Waals surface area (Å²) in [6.45, 7) is 2.39. The minimum Gasteiger partial charge on any atom is -0.490 e. The lowest BCUT2D eigenvalue weighted by molar-refractivity contribution is 0.211. The summed E-state index contributed by atoms with van der Waals surface area (Å²) >= 11 is 0. The number of ether oxygens (including phenoxy) is 2. The van der Waals surface area contributed by atoms with E-state index in [1.165, 1.54) is 6.07 Å². The second-order valence-corrected chi connectivity index (χ2v) is 5.35. The molecular formula is C18H18FN3O2. The molecule has 0 aliphatic carbocycles. The molecule has 0 bridgehead atoms. The monoisotopic (exact) mass is 327 g/mol. The van der Waals surface area contributed by atoms with Gasteiger partial charge in [0.15, 0.2) is 11.6 Å². The van der Waals surface area contributed by atoms with Gasteiger partial charge in [0, 0.05) is 25.5 Å². The number of hydrogen-bond donors (Lipinski definition) is 0.